The fourth-order valence-corrected chi connectivity index (χ4v) is 1.76. The van der Waals surface area contributed by atoms with Crippen molar-refractivity contribution in [3.05, 3.63) is 40.5 Å². The van der Waals surface area contributed by atoms with Crippen molar-refractivity contribution in [3.8, 4) is 0 Å². The second-order valence-corrected chi connectivity index (χ2v) is 3.65. The van der Waals surface area contributed by atoms with Crippen LogP contribution in [0.4, 0.5) is 0 Å². The van der Waals surface area contributed by atoms with Crippen LogP contribution in [0.15, 0.2) is 24.4 Å². The van der Waals surface area contributed by atoms with Crippen LogP contribution in [0.2, 0.25) is 5.02 Å². The Labute approximate surface area is 91.3 Å². The van der Waals surface area contributed by atoms with E-state index in [4.69, 9.17) is 16.7 Å². The number of para-hydroxylation sites is 1. The Balaban J connectivity index is 2.86. The van der Waals surface area contributed by atoms with Gasteiger partial charge in [-0.3, -0.25) is 4.98 Å². The highest BCUT2D eigenvalue weighted by Crippen LogP contribution is 2.25. The number of aromatic carboxylic acids is 1. The Kier molecular flexibility index (Phi) is 2.32. The third-order valence-electron chi connectivity index (χ3n) is 2.35. The largest absolute Gasteiger partial charge is 0.478 e. The molecule has 0 fully saturated rings. The lowest BCUT2D eigenvalue weighted by Crippen LogP contribution is -2.01. The van der Waals surface area contributed by atoms with Crippen molar-refractivity contribution in [1.82, 2.24) is 4.98 Å². The van der Waals surface area contributed by atoms with Gasteiger partial charge < -0.3 is 5.11 Å². The SMILES string of the molecule is Cc1c(C(=O)O)cnc2c(Cl)cccc12. The maximum absolute atomic E-state index is 10.9. The molecule has 0 aliphatic rings. The van der Waals surface area contributed by atoms with E-state index in [-0.39, 0.29) is 5.56 Å². The van der Waals surface area contributed by atoms with Gasteiger partial charge in [0.1, 0.15) is 0 Å². The van der Waals surface area contributed by atoms with Crippen molar-refractivity contribution in [2.45, 2.75) is 6.92 Å². The average molecular weight is 222 g/mol. The quantitative estimate of drug-likeness (QED) is 0.806. The summed E-state index contributed by atoms with van der Waals surface area (Å²) in [4.78, 5) is 14.9. The van der Waals surface area contributed by atoms with Crippen LogP contribution in [-0.4, -0.2) is 16.1 Å². The van der Waals surface area contributed by atoms with E-state index in [0.29, 0.717) is 16.1 Å². The van der Waals surface area contributed by atoms with Crippen LogP contribution in [0, 0.1) is 6.92 Å². The van der Waals surface area contributed by atoms with Gasteiger partial charge in [-0.15, -0.1) is 0 Å². The zero-order valence-electron chi connectivity index (χ0n) is 7.99. The summed E-state index contributed by atoms with van der Waals surface area (Å²) >= 11 is 5.95. The van der Waals surface area contributed by atoms with Gasteiger partial charge in [-0.2, -0.15) is 0 Å². The minimum absolute atomic E-state index is 0.213. The summed E-state index contributed by atoms with van der Waals surface area (Å²) in [6.07, 6.45) is 1.34. The summed E-state index contributed by atoms with van der Waals surface area (Å²) in [6, 6.07) is 5.33. The van der Waals surface area contributed by atoms with Gasteiger partial charge >= 0.3 is 5.97 Å². The first-order valence-electron chi connectivity index (χ1n) is 4.38. The van der Waals surface area contributed by atoms with Crippen LogP contribution in [0.1, 0.15) is 15.9 Å². The highest BCUT2D eigenvalue weighted by Gasteiger charge is 2.11. The summed E-state index contributed by atoms with van der Waals surface area (Å²) in [5, 5.41) is 10.2. The first kappa shape index (κ1) is 9.93. The summed E-state index contributed by atoms with van der Waals surface area (Å²) < 4.78 is 0. The van der Waals surface area contributed by atoms with Crippen LogP contribution < -0.4 is 0 Å². The molecular weight excluding hydrogens is 214 g/mol. The van der Waals surface area contributed by atoms with Crippen LogP contribution >= 0.6 is 11.6 Å². The first-order chi connectivity index (χ1) is 7.11. The first-order valence-corrected chi connectivity index (χ1v) is 4.76. The molecule has 0 saturated carbocycles. The van der Waals surface area contributed by atoms with Crippen molar-refractivity contribution < 1.29 is 9.90 Å². The van der Waals surface area contributed by atoms with E-state index in [9.17, 15) is 4.79 Å². The van der Waals surface area contributed by atoms with E-state index in [2.05, 4.69) is 4.98 Å². The summed E-state index contributed by atoms with van der Waals surface area (Å²) in [7, 11) is 0. The molecule has 1 aromatic carbocycles. The van der Waals surface area contributed by atoms with Crippen LogP contribution in [0.5, 0.6) is 0 Å². The molecule has 4 heteroatoms. The van der Waals surface area contributed by atoms with Crippen molar-refractivity contribution in [2.75, 3.05) is 0 Å². The molecule has 0 bridgehead atoms. The second-order valence-electron chi connectivity index (χ2n) is 3.24. The third kappa shape index (κ3) is 1.55. The Hall–Kier alpha value is -1.61. The molecule has 0 atom stereocenters. The van der Waals surface area contributed by atoms with Gasteiger partial charge in [-0.1, -0.05) is 23.7 Å². The Bertz CT molecular complexity index is 552. The predicted molar refractivity (Wildman–Crippen MR) is 58.4 cm³/mol. The van der Waals surface area contributed by atoms with Gasteiger partial charge in [0.15, 0.2) is 0 Å². The lowest BCUT2D eigenvalue weighted by atomic mass is 10.1. The maximum Gasteiger partial charge on any atom is 0.337 e. The highest BCUT2D eigenvalue weighted by atomic mass is 35.5. The summed E-state index contributed by atoms with van der Waals surface area (Å²) in [6.45, 7) is 1.75. The molecule has 3 nitrogen and oxygen atoms in total. The molecule has 1 aromatic heterocycles. The molecular formula is C11H8ClNO2. The number of pyridine rings is 1. The molecule has 1 N–H and O–H groups in total. The number of carbonyl (C=O) groups is 1. The van der Waals surface area contributed by atoms with Gasteiger partial charge in [0, 0.05) is 11.6 Å². The Morgan fingerprint density at radius 3 is 2.87 bits per heavy atom. The van der Waals surface area contributed by atoms with Gasteiger partial charge in [-0.05, 0) is 18.6 Å². The van der Waals surface area contributed by atoms with Gasteiger partial charge in [0.2, 0.25) is 0 Å². The van der Waals surface area contributed by atoms with E-state index in [1.54, 1.807) is 19.1 Å². The zero-order valence-corrected chi connectivity index (χ0v) is 8.75. The van der Waals surface area contributed by atoms with Crippen molar-refractivity contribution in [1.29, 1.82) is 0 Å². The predicted octanol–water partition coefficient (Wildman–Crippen LogP) is 2.89. The number of carboxylic acid groups (broad SMARTS) is 1. The van der Waals surface area contributed by atoms with Gasteiger partial charge in [-0.25, -0.2) is 4.79 Å². The number of benzene rings is 1. The molecule has 0 amide bonds. The summed E-state index contributed by atoms with van der Waals surface area (Å²) in [5.74, 6) is -0.970. The topological polar surface area (TPSA) is 50.2 Å². The number of aromatic nitrogens is 1. The van der Waals surface area contributed by atoms with Gasteiger partial charge in [0.05, 0.1) is 16.1 Å². The zero-order chi connectivity index (χ0) is 11.0. The number of hydrogen-bond donors (Lipinski definition) is 1. The average Bonchev–Trinajstić information content (AvgIpc) is 2.19. The van der Waals surface area contributed by atoms with Crippen molar-refractivity contribution >= 4 is 28.5 Å². The van der Waals surface area contributed by atoms with E-state index in [0.717, 1.165) is 5.39 Å². The van der Waals surface area contributed by atoms with Crippen LogP contribution in [-0.2, 0) is 0 Å². The van der Waals surface area contributed by atoms with E-state index in [1.807, 2.05) is 6.07 Å². The molecule has 0 unspecified atom stereocenters. The Morgan fingerprint density at radius 2 is 2.20 bits per heavy atom. The molecule has 0 spiro atoms. The van der Waals surface area contributed by atoms with Crippen molar-refractivity contribution in [2.24, 2.45) is 0 Å². The smallest absolute Gasteiger partial charge is 0.337 e. The lowest BCUT2D eigenvalue weighted by Gasteiger charge is -2.05. The minimum atomic E-state index is -0.970. The van der Waals surface area contributed by atoms with Crippen LogP contribution in [0.25, 0.3) is 10.9 Å². The molecule has 2 rings (SSSR count). The number of carboxylic acids is 1. The number of hydrogen-bond acceptors (Lipinski definition) is 2. The van der Waals surface area contributed by atoms with Gasteiger partial charge in [0.25, 0.3) is 0 Å². The number of halogens is 1. The monoisotopic (exact) mass is 221 g/mol. The normalized spacial score (nSPS) is 10.5. The fourth-order valence-electron chi connectivity index (χ4n) is 1.54. The minimum Gasteiger partial charge on any atom is -0.478 e. The lowest BCUT2D eigenvalue weighted by molar-refractivity contribution is 0.0696. The fraction of sp³-hybridized carbons (Fsp3) is 0.0909. The summed E-state index contributed by atoms with van der Waals surface area (Å²) in [5.41, 5.74) is 1.54. The third-order valence-corrected chi connectivity index (χ3v) is 2.65. The number of aryl methyl sites for hydroxylation is 1. The number of rotatable bonds is 1. The molecule has 0 radical (unpaired) electrons. The highest BCUT2D eigenvalue weighted by molar-refractivity contribution is 6.35. The number of nitrogens with zero attached hydrogens (tertiary/aromatic N) is 1. The second kappa shape index (κ2) is 3.51. The molecule has 0 aliphatic carbocycles. The van der Waals surface area contributed by atoms with Crippen LogP contribution in [0.3, 0.4) is 0 Å². The molecule has 15 heavy (non-hydrogen) atoms. The van der Waals surface area contributed by atoms with E-state index < -0.39 is 5.97 Å². The van der Waals surface area contributed by atoms with Crippen molar-refractivity contribution in [3.63, 3.8) is 0 Å². The maximum atomic E-state index is 10.9. The number of fused-ring (bicyclic) bond motifs is 1. The molecule has 76 valence electrons. The molecule has 0 aliphatic heterocycles. The standard InChI is InChI=1S/C11H8ClNO2/c1-6-7-3-2-4-9(12)10(7)13-5-8(6)11(14)15/h2-5H,1H3,(H,14,15). The van der Waals surface area contributed by atoms with E-state index in [1.165, 1.54) is 6.20 Å². The van der Waals surface area contributed by atoms with E-state index >= 15 is 0 Å². The molecule has 1 heterocycles. The molecule has 2 aromatic rings. The Morgan fingerprint density at radius 1 is 1.47 bits per heavy atom. The molecule has 0 saturated heterocycles.